The van der Waals surface area contributed by atoms with Crippen LogP contribution in [0.5, 0.6) is 5.75 Å². The van der Waals surface area contributed by atoms with Crippen LogP contribution in [0.15, 0.2) is 67.0 Å². The molecule has 0 N–H and O–H groups in total. The lowest BCUT2D eigenvalue weighted by Gasteiger charge is -2.35. The minimum Gasteiger partial charge on any atom is -0.484 e. The number of halogens is 1. The average Bonchev–Trinajstić information content (AvgIpc) is 2.78. The van der Waals surface area contributed by atoms with E-state index in [1.807, 2.05) is 41.3 Å². The van der Waals surface area contributed by atoms with Gasteiger partial charge in [-0.15, -0.1) is 0 Å². The van der Waals surface area contributed by atoms with Gasteiger partial charge in [0.15, 0.2) is 6.61 Å². The van der Waals surface area contributed by atoms with E-state index in [4.69, 9.17) is 16.3 Å². The van der Waals surface area contributed by atoms with E-state index < -0.39 is 0 Å². The second-order valence-corrected chi connectivity index (χ2v) is 7.18. The normalized spacial score (nSPS) is 14.0. The van der Waals surface area contributed by atoms with E-state index >= 15 is 0 Å². The summed E-state index contributed by atoms with van der Waals surface area (Å²) in [6.45, 7) is 2.69. The summed E-state index contributed by atoms with van der Waals surface area (Å²) in [6.07, 6.45) is 1.59. The molecule has 2 aromatic carbocycles. The Balaban J connectivity index is 1.33. The molecule has 6 nitrogen and oxygen atoms in total. The van der Waals surface area contributed by atoms with Crippen LogP contribution >= 0.6 is 11.6 Å². The molecule has 7 heteroatoms. The van der Waals surface area contributed by atoms with Crippen molar-refractivity contribution in [3.8, 4) is 17.0 Å². The van der Waals surface area contributed by atoms with Crippen molar-refractivity contribution in [3.63, 3.8) is 0 Å². The Morgan fingerprint density at radius 1 is 0.966 bits per heavy atom. The smallest absolute Gasteiger partial charge is 0.260 e. The first-order valence-corrected chi connectivity index (χ1v) is 9.85. The predicted molar refractivity (Wildman–Crippen MR) is 113 cm³/mol. The Bertz CT molecular complexity index is 975. The zero-order chi connectivity index (χ0) is 20.1. The topological polar surface area (TPSA) is 58.6 Å². The van der Waals surface area contributed by atoms with Gasteiger partial charge in [-0.2, -0.15) is 0 Å². The number of rotatable bonds is 5. The van der Waals surface area contributed by atoms with Gasteiger partial charge >= 0.3 is 0 Å². The van der Waals surface area contributed by atoms with E-state index in [1.54, 1.807) is 30.6 Å². The molecular weight excluding hydrogens is 388 g/mol. The van der Waals surface area contributed by atoms with Crippen molar-refractivity contribution in [1.29, 1.82) is 0 Å². The van der Waals surface area contributed by atoms with E-state index in [9.17, 15) is 4.79 Å². The maximum Gasteiger partial charge on any atom is 0.260 e. The van der Waals surface area contributed by atoms with Crippen molar-refractivity contribution in [2.75, 3.05) is 37.7 Å². The third-order valence-electron chi connectivity index (χ3n) is 4.84. The molecule has 0 atom stereocenters. The Kier molecular flexibility index (Phi) is 5.91. The highest BCUT2D eigenvalue weighted by molar-refractivity contribution is 6.30. The summed E-state index contributed by atoms with van der Waals surface area (Å²) in [5.41, 5.74) is 1.95. The molecule has 3 aromatic rings. The average molecular weight is 409 g/mol. The number of carbonyl (C=O) groups excluding carboxylic acids is 1. The van der Waals surface area contributed by atoms with E-state index in [1.165, 1.54) is 0 Å². The number of anilines is 1. The molecule has 1 amide bonds. The number of ether oxygens (including phenoxy) is 1. The number of piperazine rings is 1. The first-order valence-electron chi connectivity index (χ1n) is 9.47. The first-order chi connectivity index (χ1) is 14.2. The van der Waals surface area contributed by atoms with Gasteiger partial charge in [0.1, 0.15) is 17.9 Å². The second-order valence-electron chi connectivity index (χ2n) is 6.74. The molecule has 2 heterocycles. The number of carbonyl (C=O) groups is 1. The van der Waals surface area contributed by atoms with Crippen LogP contribution in [0.2, 0.25) is 5.02 Å². The number of amides is 1. The Hall–Kier alpha value is -3.12. The van der Waals surface area contributed by atoms with Crippen LogP contribution < -0.4 is 9.64 Å². The molecule has 4 rings (SSSR count). The monoisotopic (exact) mass is 408 g/mol. The lowest BCUT2D eigenvalue weighted by Crippen LogP contribution is -2.50. The van der Waals surface area contributed by atoms with Crippen molar-refractivity contribution < 1.29 is 9.53 Å². The minimum atomic E-state index is -0.0303. The van der Waals surface area contributed by atoms with Gasteiger partial charge in [0.05, 0.1) is 5.69 Å². The standard InChI is InChI=1S/C22H21ClN4O2/c23-18-7-4-8-19(13-18)29-15-22(28)27-11-9-26(10-12-27)21-14-20(24-16-25-21)17-5-2-1-3-6-17/h1-8,13-14,16H,9-12,15H2. The summed E-state index contributed by atoms with van der Waals surface area (Å²) in [6, 6.07) is 19.1. The fourth-order valence-corrected chi connectivity index (χ4v) is 3.45. The van der Waals surface area contributed by atoms with Crippen LogP contribution in [0.4, 0.5) is 5.82 Å². The molecule has 29 heavy (non-hydrogen) atoms. The third kappa shape index (κ3) is 4.84. The number of hydrogen-bond acceptors (Lipinski definition) is 5. The van der Waals surface area contributed by atoms with E-state index in [2.05, 4.69) is 14.9 Å². The molecule has 0 bridgehead atoms. The molecule has 1 saturated heterocycles. The molecule has 1 aromatic heterocycles. The van der Waals surface area contributed by atoms with Gasteiger partial charge in [-0.3, -0.25) is 4.79 Å². The largest absolute Gasteiger partial charge is 0.484 e. The SMILES string of the molecule is O=C(COc1cccc(Cl)c1)N1CCN(c2cc(-c3ccccc3)ncn2)CC1. The minimum absolute atomic E-state index is 0.00596. The fraction of sp³-hybridized carbons (Fsp3) is 0.227. The molecule has 1 aliphatic heterocycles. The van der Waals surface area contributed by atoms with Crippen LogP contribution in [0.1, 0.15) is 0 Å². The lowest BCUT2D eigenvalue weighted by atomic mass is 10.1. The van der Waals surface area contributed by atoms with E-state index in [0.717, 1.165) is 17.1 Å². The summed E-state index contributed by atoms with van der Waals surface area (Å²) >= 11 is 5.94. The molecular formula is C22H21ClN4O2. The molecule has 1 fully saturated rings. The van der Waals surface area contributed by atoms with Gasteiger partial charge in [0.2, 0.25) is 0 Å². The van der Waals surface area contributed by atoms with Crippen LogP contribution in [-0.4, -0.2) is 53.6 Å². The van der Waals surface area contributed by atoms with Crippen molar-refractivity contribution >= 4 is 23.3 Å². The predicted octanol–water partition coefficient (Wildman–Crippen LogP) is 3.52. The summed E-state index contributed by atoms with van der Waals surface area (Å²) in [5.74, 6) is 1.44. The summed E-state index contributed by atoms with van der Waals surface area (Å²) < 4.78 is 5.57. The molecule has 0 aliphatic carbocycles. The second kappa shape index (κ2) is 8.92. The summed E-state index contributed by atoms with van der Waals surface area (Å²) in [4.78, 5) is 25.3. The molecule has 0 spiro atoms. The zero-order valence-corrected chi connectivity index (χ0v) is 16.6. The van der Waals surface area contributed by atoms with Crippen molar-refractivity contribution in [1.82, 2.24) is 14.9 Å². The highest BCUT2D eigenvalue weighted by Crippen LogP contribution is 2.21. The Morgan fingerprint density at radius 3 is 2.52 bits per heavy atom. The molecule has 0 radical (unpaired) electrons. The van der Waals surface area contributed by atoms with Crippen LogP contribution in [0.3, 0.4) is 0 Å². The van der Waals surface area contributed by atoms with Crippen LogP contribution in [0, 0.1) is 0 Å². The molecule has 148 valence electrons. The van der Waals surface area contributed by atoms with Gasteiger partial charge in [-0.1, -0.05) is 48.0 Å². The highest BCUT2D eigenvalue weighted by atomic mass is 35.5. The van der Waals surface area contributed by atoms with Gasteiger partial charge in [-0.05, 0) is 18.2 Å². The molecule has 0 saturated carbocycles. The quantitative estimate of drug-likeness (QED) is 0.646. The van der Waals surface area contributed by atoms with Crippen molar-refractivity contribution in [3.05, 3.63) is 72.0 Å². The Labute approximate surface area is 174 Å². The highest BCUT2D eigenvalue weighted by Gasteiger charge is 2.22. The zero-order valence-electron chi connectivity index (χ0n) is 15.9. The number of benzene rings is 2. The summed E-state index contributed by atoms with van der Waals surface area (Å²) in [5, 5.41) is 0.586. The van der Waals surface area contributed by atoms with Crippen molar-refractivity contribution in [2.24, 2.45) is 0 Å². The van der Waals surface area contributed by atoms with Crippen molar-refractivity contribution in [2.45, 2.75) is 0 Å². The van der Waals surface area contributed by atoms with E-state index in [-0.39, 0.29) is 12.5 Å². The summed E-state index contributed by atoms with van der Waals surface area (Å²) in [7, 11) is 0. The van der Waals surface area contributed by atoms with Crippen LogP contribution in [0.25, 0.3) is 11.3 Å². The lowest BCUT2D eigenvalue weighted by molar-refractivity contribution is -0.133. The van der Waals surface area contributed by atoms with Gasteiger partial charge in [-0.25, -0.2) is 9.97 Å². The molecule has 1 aliphatic rings. The fourth-order valence-electron chi connectivity index (χ4n) is 3.26. The molecule has 0 unspecified atom stereocenters. The van der Waals surface area contributed by atoms with Gasteiger partial charge < -0.3 is 14.5 Å². The number of hydrogen-bond donors (Lipinski definition) is 0. The van der Waals surface area contributed by atoms with Crippen LogP contribution in [-0.2, 0) is 4.79 Å². The van der Waals surface area contributed by atoms with Gasteiger partial charge in [0.25, 0.3) is 5.91 Å². The maximum atomic E-state index is 12.5. The Morgan fingerprint density at radius 2 is 1.76 bits per heavy atom. The van der Waals surface area contributed by atoms with Gasteiger partial charge in [0, 0.05) is 42.8 Å². The van der Waals surface area contributed by atoms with E-state index in [0.29, 0.717) is 37.0 Å². The first kappa shape index (κ1) is 19.2. The maximum absolute atomic E-state index is 12.5. The third-order valence-corrected chi connectivity index (χ3v) is 5.07. The number of nitrogens with zero attached hydrogens (tertiary/aromatic N) is 4. The number of aromatic nitrogens is 2.